The van der Waals surface area contributed by atoms with Crippen LogP contribution in [0.15, 0.2) is 30.3 Å². The molecule has 0 spiro atoms. The highest BCUT2D eigenvalue weighted by Gasteiger charge is 2.12. The van der Waals surface area contributed by atoms with Crippen LogP contribution in [0.1, 0.15) is 85.3 Å². The average Bonchev–Trinajstić information content (AvgIpc) is 2.77. The van der Waals surface area contributed by atoms with Crippen molar-refractivity contribution < 1.29 is 4.79 Å². The van der Waals surface area contributed by atoms with Gasteiger partial charge in [0, 0.05) is 5.56 Å². The number of hydrogen-bond donors (Lipinski definition) is 0. The number of hydrogen-bond acceptors (Lipinski definition) is 2. The predicted molar refractivity (Wildman–Crippen MR) is 140 cm³/mol. The van der Waals surface area contributed by atoms with E-state index in [2.05, 4.69) is 38.1 Å². The largest absolute Gasteiger partial charge is 0.312 e. The minimum absolute atomic E-state index is 0.830. The minimum Gasteiger partial charge on any atom is -0.312 e. The highest BCUT2D eigenvalue weighted by Crippen LogP contribution is 2.27. The van der Waals surface area contributed by atoms with E-state index in [4.69, 9.17) is 0 Å². The first-order valence-electron chi connectivity index (χ1n) is 11.2. The summed E-state index contributed by atoms with van der Waals surface area (Å²) in [5.74, 6) is 0. The first-order valence-corrected chi connectivity index (χ1v) is 11.2. The molecule has 0 radical (unpaired) electrons. The zero-order chi connectivity index (χ0) is 24.3. The Kier molecular flexibility index (Phi) is 21.8. The third-order valence-electron chi connectivity index (χ3n) is 4.10. The van der Waals surface area contributed by atoms with Gasteiger partial charge in [-0.2, -0.15) is 0 Å². The molecule has 0 saturated heterocycles. The van der Waals surface area contributed by atoms with Gasteiger partial charge in [0.15, 0.2) is 6.29 Å². The van der Waals surface area contributed by atoms with Crippen LogP contribution in [-0.2, 0) is 0 Å². The lowest BCUT2D eigenvalue weighted by atomic mass is 9.89. The van der Waals surface area contributed by atoms with Gasteiger partial charge in [-0.05, 0) is 82.2 Å². The van der Waals surface area contributed by atoms with E-state index < -0.39 is 0 Å². The van der Waals surface area contributed by atoms with E-state index in [-0.39, 0.29) is 0 Å². The first-order chi connectivity index (χ1) is 14.3. The summed E-state index contributed by atoms with van der Waals surface area (Å²) in [6, 6.07) is 10.2. The van der Waals surface area contributed by atoms with Gasteiger partial charge in [-0.15, -0.1) is 0 Å². The van der Waals surface area contributed by atoms with Gasteiger partial charge < -0.3 is 4.90 Å². The van der Waals surface area contributed by atoms with Crippen molar-refractivity contribution in [2.75, 3.05) is 21.1 Å². The number of rotatable bonds is 3. The quantitative estimate of drug-likeness (QED) is 0.373. The second-order valence-corrected chi connectivity index (χ2v) is 6.53. The molecular formula is C28H47NO. The Morgan fingerprint density at radius 1 is 0.600 bits per heavy atom. The van der Waals surface area contributed by atoms with Crippen LogP contribution < -0.4 is 0 Å². The topological polar surface area (TPSA) is 20.3 Å². The first kappa shape index (κ1) is 32.5. The fourth-order valence-corrected chi connectivity index (χ4v) is 2.54. The maximum Gasteiger partial charge on any atom is 0.150 e. The molecule has 2 nitrogen and oxygen atoms in total. The second kappa shape index (κ2) is 20.1. The number of carbonyl (C=O) groups excluding carboxylic acids is 1. The zero-order valence-electron chi connectivity index (χ0n) is 22.0. The lowest BCUT2D eigenvalue weighted by molar-refractivity contribution is 0.112. The molecule has 0 atom stereocenters. The molecule has 0 bridgehead atoms. The van der Waals surface area contributed by atoms with E-state index in [0.717, 1.165) is 23.0 Å². The number of benzene rings is 2. The van der Waals surface area contributed by atoms with Crippen LogP contribution in [0.2, 0.25) is 0 Å². The van der Waals surface area contributed by atoms with Crippen LogP contribution >= 0.6 is 0 Å². The van der Waals surface area contributed by atoms with Crippen LogP contribution in [0, 0.1) is 27.7 Å². The summed E-state index contributed by atoms with van der Waals surface area (Å²) in [5.41, 5.74) is 7.75. The fourth-order valence-electron chi connectivity index (χ4n) is 2.54. The summed E-state index contributed by atoms with van der Waals surface area (Å²) in [6.07, 6.45) is 5.23. The van der Waals surface area contributed by atoms with Crippen molar-refractivity contribution in [3.63, 3.8) is 0 Å². The van der Waals surface area contributed by atoms with Crippen LogP contribution in [-0.4, -0.2) is 32.3 Å². The molecule has 170 valence electrons. The van der Waals surface area contributed by atoms with Crippen LogP contribution in [0.25, 0.3) is 12.2 Å². The van der Waals surface area contributed by atoms with E-state index in [1.165, 1.54) is 22.3 Å². The summed E-state index contributed by atoms with van der Waals surface area (Å²) in [6.45, 7) is 20.2. The van der Waals surface area contributed by atoms with Crippen molar-refractivity contribution in [2.45, 2.75) is 69.2 Å². The molecule has 2 heteroatoms. The third-order valence-corrected chi connectivity index (χ3v) is 4.10. The maximum absolute atomic E-state index is 11.2. The van der Waals surface area contributed by atoms with Gasteiger partial charge in [0.1, 0.15) is 0 Å². The molecule has 0 fully saturated rings. The molecule has 0 amide bonds. The van der Waals surface area contributed by atoms with Crippen molar-refractivity contribution in [2.24, 2.45) is 0 Å². The van der Waals surface area contributed by atoms with Gasteiger partial charge >= 0.3 is 0 Å². The molecule has 0 N–H and O–H groups in total. The Labute approximate surface area is 188 Å². The van der Waals surface area contributed by atoms with Crippen molar-refractivity contribution in [1.29, 1.82) is 0 Å². The van der Waals surface area contributed by atoms with Crippen LogP contribution in [0.3, 0.4) is 0 Å². The number of carbonyl (C=O) groups is 1. The normalized spacial score (nSPS) is 9.13. The van der Waals surface area contributed by atoms with Gasteiger partial charge in [0.2, 0.25) is 0 Å². The smallest absolute Gasteiger partial charge is 0.150 e. The molecule has 2 rings (SSSR count). The SMILES string of the molecule is CC.CC.CC.CN(C)C.Cc1c(C)c(/C=C/c2ccccc2)c(C)c(C)c1C=O. The molecule has 0 saturated carbocycles. The van der Waals surface area contributed by atoms with Gasteiger partial charge in [0.05, 0.1) is 0 Å². The van der Waals surface area contributed by atoms with Crippen molar-refractivity contribution in [1.82, 2.24) is 4.90 Å². The van der Waals surface area contributed by atoms with E-state index in [0.29, 0.717) is 0 Å². The second-order valence-electron chi connectivity index (χ2n) is 6.53. The van der Waals surface area contributed by atoms with E-state index in [1.807, 2.05) is 99.6 Å². The van der Waals surface area contributed by atoms with Crippen molar-refractivity contribution >= 4 is 18.4 Å². The summed E-state index contributed by atoms with van der Waals surface area (Å²) < 4.78 is 0. The van der Waals surface area contributed by atoms with E-state index in [1.54, 1.807) is 0 Å². The van der Waals surface area contributed by atoms with Crippen LogP contribution in [0.4, 0.5) is 0 Å². The highest BCUT2D eigenvalue weighted by molar-refractivity contribution is 5.84. The average molecular weight is 414 g/mol. The molecular weight excluding hydrogens is 366 g/mol. The monoisotopic (exact) mass is 413 g/mol. The molecule has 0 aliphatic rings. The molecule has 0 aromatic heterocycles. The molecule has 0 aliphatic heterocycles. The zero-order valence-corrected chi connectivity index (χ0v) is 22.0. The van der Waals surface area contributed by atoms with Crippen molar-refractivity contribution in [3.8, 4) is 0 Å². The van der Waals surface area contributed by atoms with Gasteiger partial charge in [0.25, 0.3) is 0 Å². The number of aldehydes is 1. The van der Waals surface area contributed by atoms with Gasteiger partial charge in [-0.25, -0.2) is 0 Å². The van der Waals surface area contributed by atoms with Crippen molar-refractivity contribution in [3.05, 3.63) is 69.3 Å². The Morgan fingerprint density at radius 2 is 0.933 bits per heavy atom. The summed E-state index contributed by atoms with van der Waals surface area (Å²) in [5, 5.41) is 0. The molecule has 0 aliphatic carbocycles. The summed E-state index contributed by atoms with van der Waals surface area (Å²) in [4.78, 5) is 13.2. The van der Waals surface area contributed by atoms with Gasteiger partial charge in [-0.1, -0.05) is 84.0 Å². The Morgan fingerprint density at radius 3 is 1.27 bits per heavy atom. The standard InChI is InChI=1S/C19H20O.C3H9N.3C2H6/c1-13-15(3)19(12-20)16(4)14(2)18(13)11-10-17-8-6-5-7-9-17;1-4(2)3;3*1-2/h5-12H,1-4H3;1-3H3;3*1-2H3/b11-10+;;;;. The summed E-state index contributed by atoms with van der Waals surface area (Å²) in [7, 11) is 6.00. The van der Waals surface area contributed by atoms with E-state index in [9.17, 15) is 4.79 Å². The van der Waals surface area contributed by atoms with E-state index >= 15 is 0 Å². The molecule has 0 heterocycles. The minimum atomic E-state index is 0.830. The molecule has 0 unspecified atom stereocenters. The molecule has 2 aromatic carbocycles. The molecule has 2 aromatic rings. The lowest BCUT2D eigenvalue weighted by Crippen LogP contribution is -2.01. The number of nitrogens with zero attached hydrogens (tertiary/aromatic N) is 1. The van der Waals surface area contributed by atoms with Crippen LogP contribution in [0.5, 0.6) is 0 Å². The molecule has 30 heavy (non-hydrogen) atoms. The third kappa shape index (κ3) is 11.7. The summed E-state index contributed by atoms with van der Waals surface area (Å²) >= 11 is 0. The maximum atomic E-state index is 11.2. The Bertz CT molecular complexity index is 681. The highest BCUT2D eigenvalue weighted by atomic mass is 16.1. The predicted octanol–water partition coefficient (Wildman–Crippen LogP) is 8.16. The lowest BCUT2D eigenvalue weighted by Gasteiger charge is -2.15. The fraction of sp³-hybridized carbons (Fsp3) is 0.464. The Balaban J connectivity index is -0.000000627. The van der Waals surface area contributed by atoms with Gasteiger partial charge in [-0.3, -0.25) is 4.79 Å². The Hall–Kier alpha value is -2.19.